The normalized spacial score (nSPS) is 18.2. The van der Waals surface area contributed by atoms with Gasteiger partial charge in [0, 0.05) is 13.2 Å². The molecule has 0 aromatic heterocycles. The van der Waals surface area contributed by atoms with Crippen molar-refractivity contribution in [3.63, 3.8) is 0 Å². The van der Waals surface area contributed by atoms with Crippen LogP contribution < -0.4 is 10.4 Å². The topological polar surface area (TPSA) is 18.5 Å². The second-order valence-corrected chi connectivity index (χ2v) is 8.59. The summed E-state index contributed by atoms with van der Waals surface area (Å²) < 4.78 is 11.5. The van der Waals surface area contributed by atoms with Gasteiger partial charge in [0.1, 0.15) is 8.80 Å². The molecule has 1 radical (unpaired) electrons. The molecule has 3 heteroatoms. The summed E-state index contributed by atoms with van der Waals surface area (Å²) in [5.74, 6) is 0. The van der Waals surface area contributed by atoms with Gasteiger partial charge in [-0.2, -0.15) is 0 Å². The number of hydrogen-bond donors (Lipinski definition) is 0. The molecule has 0 saturated carbocycles. The number of ether oxygens (including phenoxy) is 2. The van der Waals surface area contributed by atoms with Crippen molar-refractivity contribution >= 4 is 19.2 Å². The van der Waals surface area contributed by atoms with E-state index in [0.717, 1.165) is 26.1 Å². The van der Waals surface area contributed by atoms with E-state index in [4.69, 9.17) is 9.47 Å². The fourth-order valence-electron chi connectivity index (χ4n) is 3.04. The maximum atomic E-state index is 5.90. The van der Waals surface area contributed by atoms with E-state index in [1.54, 1.807) is 0 Å². The molecule has 1 saturated heterocycles. The van der Waals surface area contributed by atoms with Gasteiger partial charge < -0.3 is 9.47 Å². The molecule has 2 aromatic carbocycles. The summed E-state index contributed by atoms with van der Waals surface area (Å²) in [5, 5.41) is 2.97. The molecule has 0 N–H and O–H groups in total. The van der Waals surface area contributed by atoms with Gasteiger partial charge in [-0.1, -0.05) is 71.0 Å². The third-order valence-electron chi connectivity index (χ3n) is 4.26. The first-order valence-corrected chi connectivity index (χ1v) is 10.3. The Morgan fingerprint density at radius 2 is 1.57 bits per heavy atom. The predicted molar refractivity (Wildman–Crippen MR) is 96.9 cm³/mol. The Morgan fingerprint density at radius 1 is 0.913 bits per heavy atom. The van der Waals surface area contributed by atoms with Crippen molar-refractivity contribution in [1.82, 2.24) is 0 Å². The molecule has 1 aliphatic heterocycles. The van der Waals surface area contributed by atoms with E-state index >= 15 is 0 Å². The van der Waals surface area contributed by atoms with Crippen LogP contribution in [0.1, 0.15) is 25.7 Å². The molecule has 2 nitrogen and oxygen atoms in total. The van der Waals surface area contributed by atoms with Crippen LogP contribution in [0.4, 0.5) is 0 Å². The minimum Gasteiger partial charge on any atom is -0.353 e. The van der Waals surface area contributed by atoms with E-state index in [-0.39, 0.29) is 6.29 Å². The lowest BCUT2D eigenvalue weighted by molar-refractivity contribution is -0.162. The summed E-state index contributed by atoms with van der Waals surface area (Å²) in [5.41, 5.74) is 0. The Hall–Kier alpha value is -1.42. The monoisotopic (exact) mass is 325 g/mol. The van der Waals surface area contributed by atoms with Crippen LogP contribution in [0, 0.1) is 0 Å². The fraction of sp³-hybridized carbons (Fsp3) is 0.400. The standard InChI is InChI=1S/C20H25O2Si/c1-3-10-18(11-4-1)23(19-12-5-2-6-13-19)17-9-16-22-20-14-7-8-15-21-20/h1-6,10-13,20H,7-9,14-17H2. The lowest BCUT2D eigenvalue weighted by Gasteiger charge is -2.23. The molecule has 0 amide bonds. The molecular formula is C20H25O2Si. The highest BCUT2D eigenvalue weighted by Gasteiger charge is 2.17. The zero-order valence-corrected chi connectivity index (χ0v) is 14.6. The van der Waals surface area contributed by atoms with Crippen molar-refractivity contribution in [3.8, 4) is 0 Å². The SMILES string of the molecule is c1ccc([Si](CCCOC2CCCCO2)c2ccccc2)cc1. The zero-order valence-electron chi connectivity index (χ0n) is 13.6. The summed E-state index contributed by atoms with van der Waals surface area (Å²) >= 11 is 0. The van der Waals surface area contributed by atoms with E-state index in [1.165, 1.54) is 29.3 Å². The number of benzene rings is 2. The van der Waals surface area contributed by atoms with Gasteiger partial charge in [-0.05, 0) is 31.7 Å². The molecule has 3 rings (SSSR count). The Kier molecular flexibility index (Phi) is 6.44. The van der Waals surface area contributed by atoms with E-state index in [9.17, 15) is 0 Å². The molecule has 1 unspecified atom stereocenters. The van der Waals surface area contributed by atoms with Crippen LogP contribution >= 0.6 is 0 Å². The molecule has 0 aliphatic carbocycles. The Balaban J connectivity index is 1.56. The van der Waals surface area contributed by atoms with Crippen LogP contribution in [0.3, 0.4) is 0 Å². The van der Waals surface area contributed by atoms with Gasteiger partial charge in [-0.25, -0.2) is 0 Å². The first kappa shape index (κ1) is 16.4. The minimum absolute atomic E-state index is 0.0351. The molecule has 23 heavy (non-hydrogen) atoms. The smallest absolute Gasteiger partial charge is 0.157 e. The third-order valence-corrected chi connectivity index (χ3v) is 7.17. The van der Waals surface area contributed by atoms with Gasteiger partial charge in [0.2, 0.25) is 0 Å². The van der Waals surface area contributed by atoms with Gasteiger partial charge in [-0.3, -0.25) is 0 Å². The highest BCUT2D eigenvalue weighted by atomic mass is 28.3. The maximum Gasteiger partial charge on any atom is 0.157 e. The molecule has 1 aliphatic rings. The summed E-state index contributed by atoms with van der Waals surface area (Å²) in [7, 11) is -0.723. The molecule has 1 fully saturated rings. The van der Waals surface area contributed by atoms with Crippen molar-refractivity contribution in [2.45, 2.75) is 38.0 Å². The second kappa shape index (κ2) is 9.01. The summed E-state index contributed by atoms with van der Waals surface area (Å²) in [4.78, 5) is 0. The largest absolute Gasteiger partial charge is 0.353 e. The summed E-state index contributed by atoms with van der Waals surface area (Å²) in [6.07, 6.45) is 4.59. The van der Waals surface area contributed by atoms with Crippen LogP contribution in [-0.2, 0) is 9.47 Å². The molecule has 0 bridgehead atoms. The van der Waals surface area contributed by atoms with E-state index in [1.807, 2.05) is 0 Å². The van der Waals surface area contributed by atoms with E-state index < -0.39 is 8.80 Å². The van der Waals surface area contributed by atoms with E-state index in [0.29, 0.717) is 0 Å². The Bertz CT molecular complexity index is 513. The van der Waals surface area contributed by atoms with Gasteiger partial charge >= 0.3 is 0 Å². The van der Waals surface area contributed by atoms with Crippen LogP contribution in [0.2, 0.25) is 6.04 Å². The summed E-state index contributed by atoms with van der Waals surface area (Å²) in [6.45, 7) is 1.66. The first-order chi connectivity index (χ1) is 11.4. The minimum atomic E-state index is -0.723. The molecule has 121 valence electrons. The summed E-state index contributed by atoms with van der Waals surface area (Å²) in [6, 6.07) is 23.1. The van der Waals surface area contributed by atoms with Gasteiger partial charge in [0.05, 0.1) is 0 Å². The van der Waals surface area contributed by atoms with Crippen LogP contribution in [-0.4, -0.2) is 28.3 Å². The van der Waals surface area contributed by atoms with Crippen LogP contribution in [0.25, 0.3) is 0 Å². The van der Waals surface area contributed by atoms with Crippen molar-refractivity contribution < 1.29 is 9.47 Å². The highest BCUT2D eigenvalue weighted by molar-refractivity contribution is 6.85. The van der Waals surface area contributed by atoms with Crippen molar-refractivity contribution in [3.05, 3.63) is 60.7 Å². The third kappa shape index (κ3) is 5.03. The quantitative estimate of drug-likeness (QED) is 0.575. The lowest BCUT2D eigenvalue weighted by atomic mass is 10.2. The Morgan fingerprint density at radius 3 is 2.13 bits per heavy atom. The average Bonchev–Trinajstić information content (AvgIpc) is 2.64. The molecule has 1 atom stereocenters. The van der Waals surface area contributed by atoms with Gasteiger partial charge in [-0.15, -0.1) is 0 Å². The van der Waals surface area contributed by atoms with Gasteiger partial charge in [0.15, 0.2) is 6.29 Å². The van der Waals surface area contributed by atoms with E-state index in [2.05, 4.69) is 60.7 Å². The van der Waals surface area contributed by atoms with Crippen LogP contribution in [0.15, 0.2) is 60.7 Å². The average molecular weight is 326 g/mol. The van der Waals surface area contributed by atoms with Gasteiger partial charge in [0.25, 0.3) is 0 Å². The number of rotatable bonds is 7. The maximum absolute atomic E-state index is 5.90. The fourth-order valence-corrected chi connectivity index (χ4v) is 5.64. The van der Waals surface area contributed by atoms with Crippen LogP contribution in [0.5, 0.6) is 0 Å². The molecule has 1 heterocycles. The first-order valence-electron chi connectivity index (χ1n) is 8.63. The number of hydrogen-bond acceptors (Lipinski definition) is 2. The zero-order chi connectivity index (χ0) is 15.7. The second-order valence-electron chi connectivity index (χ2n) is 5.98. The van der Waals surface area contributed by atoms with Crippen molar-refractivity contribution in [1.29, 1.82) is 0 Å². The van der Waals surface area contributed by atoms with Crippen molar-refractivity contribution in [2.75, 3.05) is 13.2 Å². The molecule has 2 aromatic rings. The molecule has 0 spiro atoms. The van der Waals surface area contributed by atoms with Crippen molar-refractivity contribution in [2.24, 2.45) is 0 Å². The lowest BCUT2D eigenvalue weighted by Crippen LogP contribution is -2.42. The predicted octanol–water partition coefficient (Wildman–Crippen LogP) is 3.23. The Labute approximate surface area is 141 Å². The highest BCUT2D eigenvalue weighted by Crippen LogP contribution is 2.14. The molecular weight excluding hydrogens is 300 g/mol.